The van der Waals surface area contributed by atoms with Crippen LogP contribution in [0, 0.1) is 5.82 Å². The Morgan fingerprint density at radius 1 is 1.15 bits per heavy atom. The van der Waals surface area contributed by atoms with E-state index in [4.69, 9.17) is 0 Å². The van der Waals surface area contributed by atoms with Crippen molar-refractivity contribution in [2.45, 2.75) is 19.9 Å². The number of hydrogen-bond acceptors (Lipinski definition) is 3. The number of pyridine rings is 1. The third-order valence-electron chi connectivity index (χ3n) is 3.59. The summed E-state index contributed by atoms with van der Waals surface area (Å²) in [7, 11) is 3.93. The third-order valence-corrected chi connectivity index (χ3v) is 3.59. The maximum atomic E-state index is 13.2. The number of halogens is 2. The molecule has 0 bridgehead atoms. The fourth-order valence-electron chi connectivity index (χ4n) is 2.32. The van der Waals surface area contributed by atoms with E-state index in [1.807, 2.05) is 50.2 Å². The van der Waals surface area contributed by atoms with Crippen molar-refractivity contribution in [3.05, 3.63) is 59.5 Å². The molecule has 5 nitrogen and oxygen atoms in total. The van der Waals surface area contributed by atoms with Gasteiger partial charge in [0.15, 0.2) is 5.96 Å². The van der Waals surface area contributed by atoms with E-state index in [9.17, 15) is 4.39 Å². The van der Waals surface area contributed by atoms with Crippen LogP contribution in [0.5, 0.6) is 0 Å². The van der Waals surface area contributed by atoms with Crippen molar-refractivity contribution in [2.24, 2.45) is 4.99 Å². The van der Waals surface area contributed by atoms with Gasteiger partial charge in [-0.2, -0.15) is 0 Å². The maximum absolute atomic E-state index is 13.2. The van der Waals surface area contributed by atoms with Crippen molar-refractivity contribution < 1.29 is 4.39 Å². The van der Waals surface area contributed by atoms with Crippen molar-refractivity contribution in [1.82, 2.24) is 15.6 Å². The van der Waals surface area contributed by atoms with Crippen LogP contribution >= 0.6 is 24.0 Å². The van der Waals surface area contributed by atoms with E-state index in [-0.39, 0.29) is 29.8 Å². The van der Waals surface area contributed by atoms with Crippen LogP contribution in [0.15, 0.2) is 47.5 Å². The van der Waals surface area contributed by atoms with Crippen LogP contribution in [0.3, 0.4) is 0 Å². The third kappa shape index (κ3) is 7.55. The molecular weight excluding hydrogens is 444 g/mol. The molecule has 0 aliphatic heterocycles. The minimum absolute atomic E-state index is 0. The Labute approximate surface area is 172 Å². The fourth-order valence-corrected chi connectivity index (χ4v) is 2.32. The summed E-state index contributed by atoms with van der Waals surface area (Å²) in [5.41, 5.74) is 1.87. The highest BCUT2D eigenvalue weighted by atomic mass is 127. The molecule has 0 fully saturated rings. The molecule has 0 radical (unpaired) electrons. The minimum Gasteiger partial charge on any atom is -0.363 e. The average Bonchev–Trinajstić information content (AvgIpc) is 2.60. The van der Waals surface area contributed by atoms with Gasteiger partial charge in [0.2, 0.25) is 0 Å². The number of nitrogens with one attached hydrogen (secondary N) is 2. The quantitative estimate of drug-likeness (QED) is 0.370. The van der Waals surface area contributed by atoms with Crippen molar-refractivity contribution in [3.8, 4) is 0 Å². The Bertz CT molecular complexity index is 706. The molecule has 0 saturated carbocycles. The van der Waals surface area contributed by atoms with E-state index in [2.05, 4.69) is 20.6 Å². The van der Waals surface area contributed by atoms with E-state index < -0.39 is 0 Å². The molecule has 0 aliphatic carbocycles. The first kappa shape index (κ1) is 22.1. The van der Waals surface area contributed by atoms with E-state index in [0.717, 1.165) is 36.0 Å². The zero-order chi connectivity index (χ0) is 18.1. The summed E-state index contributed by atoms with van der Waals surface area (Å²) in [6.07, 6.45) is 0.733. The van der Waals surface area contributed by atoms with Crippen LogP contribution < -0.4 is 15.5 Å². The maximum Gasteiger partial charge on any atom is 0.191 e. The van der Waals surface area contributed by atoms with E-state index in [0.29, 0.717) is 13.1 Å². The molecule has 7 heteroatoms. The largest absolute Gasteiger partial charge is 0.363 e. The number of nitrogens with zero attached hydrogens (tertiary/aromatic N) is 3. The number of benzene rings is 1. The van der Waals surface area contributed by atoms with Gasteiger partial charge in [-0.25, -0.2) is 14.4 Å². The topological polar surface area (TPSA) is 52.6 Å². The van der Waals surface area contributed by atoms with Gasteiger partial charge in [0.1, 0.15) is 11.6 Å². The molecule has 2 rings (SSSR count). The fraction of sp³-hybridized carbons (Fsp3) is 0.368. The number of anilines is 1. The molecule has 2 aromatic rings. The van der Waals surface area contributed by atoms with Gasteiger partial charge in [0.25, 0.3) is 0 Å². The molecule has 1 aromatic heterocycles. The Morgan fingerprint density at radius 2 is 1.92 bits per heavy atom. The van der Waals surface area contributed by atoms with Crippen molar-refractivity contribution in [2.75, 3.05) is 32.1 Å². The summed E-state index contributed by atoms with van der Waals surface area (Å²) in [4.78, 5) is 11.1. The van der Waals surface area contributed by atoms with Gasteiger partial charge in [-0.3, -0.25) is 0 Å². The lowest BCUT2D eigenvalue weighted by atomic mass is 10.1. The molecule has 1 aromatic carbocycles. The molecule has 0 unspecified atom stereocenters. The molecule has 1 heterocycles. The molecule has 2 N–H and O–H groups in total. The lowest BCUT2D eigenvalue weighted by Gasteiger charge is -2.13. The predicted octanol–water partition coefficient (Wildman–Crippen LogP) is 3.20. The summed E-state index contributed by atoms with van der Waals surface area (Å²) in [5.74, 6) is 1.44. The smallest absolute Gasteiger partial charge is 0.191 e. The molecule has 26 heavy (non-hydrogen) atoms. The van der Waals surface area contributed by atoms with Crippen LogP contribution in [0.2, 0.25) is 0 Å². The van der Waals surface area contributed by atoms with Gasteiger partial charge < -0.3 is 15.5 Å². The van der Waals surface area contributed by atoms with Crippen LogP contribution in [-0.2, 0) is 13.0 Å². The summed E-state index contributed by atoms with van der Waals surface area (Å²) in [5, 5.41) is 6.49. The zero-order valence-electron chi connectivity index (χ0n) is 15.5. The highest BCUT2D eigenvalue weighted by molar-refractivity contribution is 14.0. The van der Waals surface area contributed by atoms with Crippen molar-refractivity contribution >= 4 is 35.8 Å². The van der Waals surface area contributed by atoms with Gasteiger partial charge in [-0.15, -0.1) is 24.0 Å². The van der Waals surface area contributed by atoms with E-state index in [1.165, 1.54) is 6.07 Å². The molecule has 0 saturated heterocycles. The second kappa shape index (κ2) is 11.7. The van der Waals surface area contributed by atoms with Gasteiger partial charge >= 0.3 is 0 Å². The first-order chi connectivity index (χ1) is 12.1. The number of aliphatic imine (C=N–C) groups is 1. The molecular formula is C19H27FIN5. The van der Waals surface area contributed by atoms with Gasteiger partial charge in [0.05, 0.1) is 12.2 Å². The van der Waals surface area contributed by atoms with Gasteiger partial charge in [-0.05, 0) is 43.2 Å². The van der Waals surface area contributed by atoms with E-state index in [1.54, 1.807) is 12.1 Å². The standard InChI is InChI=1S/C19H26FN5.HI/c1-4-21-19(22-12-11-15-7-5-8-16(20)13-15)23-14-17-9-6-10-18(24-17)25(2)3;/h5-10,13H,4,11-12,14H2,1-3H3,(H2,21,22,23);1H. The zero-order valence-corrected chi connectivity index (χ0v) is 17.8. The van der Waals surface area contributed by atoms with Crippen LogP contribution in [0.4, 0.5) is 10.2 Å². The number of rotatable bonds is 7. The molecule has 0 aliphatic rings. The minimum atomic E-state index is -0.204. The van der Waals surface area contributed by atoms with Crippen LogP contribution in [0.1, 0.15) is 18.2 Å². The number of hydrogen-bond donors (Lipinski definition) is 2. The van der Waals surface area contributed by atoms with Crippen molar-refractivity contribution in [1.29, 1.82) is 0 Å². The SMILES string of the molecule is CCNC(=NCc1cccc(N(C)C)n1)NCCc1cccc(F)c1.I. The first-order valence-electron chi connectivity index (χ1n) is 8.48. The molecule has 142 valence electrons. The molecule has 0 atom stereocenters. The van der Waals surface area contributed by atoms with Gasteiger partial charge in [-0.1, -0.05) is 18.2 Å². The molecule has 0 spiro atoms. The number of aromatic nitrogens is 1. The summed E-state index contributed by atoms with van der Waals surface area (Å²) in [6, 6.07) is 12.6. The molecule has 0 amide bonds. The highest BCUT2D eigenvalue weighted by Crippen LogP contribution is 2.08. The lowest BCUT2D eigenvalue weighted by molar-refractivity contribution is 0.625. The van der Waals surface area contributed by atoms with Crippen molar-refractivity contribution in [3.63, 3.8) is 0 Å². The van der Waals surface area contributed by atoms with Crippen LogP contribution in [-0.4, -0.2) is 38.1 Å². The summed E-state index contributed by atoms with van der Waals surface area (Å²) >= 11 is 0. The Hall–Kier alpha value is -1.90. The average molecular weight is 471 g/mol. The summed E-state index contributed by atoms with van der Waals surface area (Å²) in [6.45, 7) is 3.98. The number of guanidine groups is 1. The van der Waals surface area contributed by atoms with Gasteiger partial charge in [0, 0.05) is 27.2 Å². The summed E-state index contributed by atoms with van der Waals surface area (Å²) < 4.78 is 13.2. The normalized spacial score (nSPS) is 10.8. The Balaban J connectivity index is 0.00000338. The second-order valence-corrected chi connectivity index (χ2v) is 5.88. The lowest BCUT2D eigenvalue weighted by Crippen LogP contribution is -2.38. The Morgan fingerprint density at radius 3 is 2.62 bits per heavy atom. The highest BCUT2D eigenvalue weighted by Gasteiger charge is 2.02. The van der Waals surface area contributed by atoms with E-state index >= 15 is 0 Å². The van der Waals surface area contributed by atoms with Crippen LogP contribution in [0.25, 0.3) is 0 Å². The first-order valence-corrected chi connectivity index (χ1v) is 8.48. The Kier molecular flexibility index (Phi) is 9.93. The second-order valence-electron chi connectivity index (χ2n) is 5.88. The monoisotopic (exact) mass is 471 g/mol. The predicted molar refractivity (Wildman–Crippen MR) is 117 cm³/mol.